The number of esters is 1. The molecule has 1 aliphatic carbocycles. The van der Waals surface area contributed by atoms with E-state index in [0.717, 1.165) is 25.7 Å². The van der Waals surface area contributed by atoms with E-state index in [1.54, 1.807) is 0 Å². The van der Waals surface area contributed by atoms with Gasteiger partial charge in [-0.15, -0.1) is 0 Å². The molecule has 1 heterocycles. The molecule has 0 bridgehead atoms. The van der Waals surface area contributed by atoms with Gasteiger partial charge in [0.25, 0.3) is 0 Å². The molecule has 0 aromatic heterocycles. The molecule has 1 saturated carbocycles. The highest BCUT2D eigenvalue weighted by Crippen LogP contribution is 2.66. The van der Waals surface area contributed by atoms with Crippen molar-refractivity contribution in [3.8, 4) is 0 Å². The van der Waals surface area contributed by atoms with Crippen LogP contribution in [0, 0.1) is 22.7 Å². The van der Waals surface area contributed by atoms with Crippen molar-refractivity contribution in [2.75, 3.05) is 0 Å². The van der Waals surface area contributed by atoms with Crippen LogP contribution in [0.4, 0.5) is 0 Å². The highest BCUT2D eigenvalue weighted by atomic mass is 16.7. The fourth-order valence-electron chi connectivity index (χ4n) is 4.16. The average Bonchev–Trinajstić information content (AvgIpc) is 3.05. The molecule has 2 rings (SSSR count). The number of hydrogen-bond donors (Lipinski definition) is 0. The topological polar surface area (TPSA) is 44.8 Å². The van der Waals surface area contributed by atoms with Gasteiger partial charge < -0.3 is 14.2 Å². The third-order valence-electron chi connectivity index (χ3n) is 6.63. The summed E-state index contributed by atoms with van der Waals surface area (Å²) in [5.41, 5.74) is -0.783. The fraction of sp³-hybridized carbons (Fsp3) is 0.955. The molecular formula is C22H40O4. The van der Waals surface area contributed by atoms with Crippen molar-refractivity contribution < 1.29 is 19.0 Å². The van der Waals surface area contributed by atoms with E-state index in [1.807, 2.05) is 27.7 Å². The minimum absolute atomic E-state index is 0.00774. The van der Waals surface area contributed by atoms with Gasteiger partial charge in [-0.3, -0.25) is 4.79 Å². The Labute approximate surface area is 160 Å². The Kier molecular flexibility index (Phi) is 6.19. The second-order valence-corrected chi connectivity index (χ2v) is 10.5. The predicted molar refractivity (Wildman–Crippen MR) is 104 cm³/mol. The Bertz CT molecular complexity index is 511. The van der Waals surface area contributed by atoms with Gasteiger partial charge in [-0.1, -0.05) is 20.8 Å². The summed E-state index contributed by atoms with van der Waals surface area (Å²) in [6, 6.07) is 0. The molecule has 1 aliphatic heterocycles. The summed E-state index contributed by atoms with van der Waals surface area (Å²) in [5.74, 6) is 0.945. The van der Waals surface area contributed by atoms with Crippen molar-refractivity contribution in [2.24, 2.45) is 22.7 Å². The zero-order chi connectivity index (χ0) is 19.9. The van der Waals surface area contributed by atoms with Crippen LogP contribution in [-0.2, 0) is 19.0 Å². The molecular weight excluding hydrogens is 328 g/mol. The van der Waals surface area contributed by atoms with Crippen LogP contribution in [0.2, 0.25) is 0 Å². The number of ether oxygens (including phenoxy) is 3. The van der Waals surface area contributed by atoms with Crippen LogP contribution in [0.15, 0.2) is 0 Å². The number of rotatable bonds is 6. The van der Waals surface area contributed by atoms with Crippen LogP contribution in [0.25, 0.3) is 0 Å². The van der Waals surface area contributed by atoms with E-state index in [9.17, 15) is 4.79 Å². The van der Waals surface area contributed by atoms with Crippen molar-refractivity contribution in [3.63, 3.8) is 0 Å². The summed E-state index contributed by atoms with van der Waals surface area (Å²) in [4.78, 5) is 12.6. The van der Waals surface area contributed by atoms with E-state index in [2.05, 4.69) is 34.6 Å². The summed E-state index contributed by atoms with van der Waals surface area (Å²) in [7, 11) is 0. The lowest BCUT2D eigenvalue weighted by Crippen LogP contribution is -2.40. The molecule has 0 N–H and O–H groups in total. The van der Waals surface area contributed by atoms with Crippen molar-refractivity contribution in [1.82, 2.24) is 0 Å². The maximum atomic E-state index is 12.6. The normalized spacial score (nSPS) is 41.6. The second kappa shape index (κ2) is 7.43. The maximum Gasteiger partial charge on any atom is 0.312 e. The van der Waals surface area contributed by atoms with E-state index < -0.39 is 5.60 Å². The third kappa shape index (κ3) is 4.81. The molecule has 0 aromatic rings. The van der Waals surface area contributed by atoms with Gasteiger partial charge in [-0.05, 0) is 78.6 Å². The van der Waals surface area contributed by atoms with Crippen LogP contribution in [0.3, 0.4) is 0 Å². The monoisotopic (exact) mass is 368 g/mol. The van der Waals surface area contributed by atoms with E-state index in [1.165, 1.54) is 0 Å². The van der Waals surface area contributed by atoms with Crippen LogP contribution < -0.4 is 0 Å². The largest absolute Gasteiger partial charge is 0.460 e. The van der Waals surface area contributed by atoms with E-state index in [0.29, 0.717) is 11.8 Å². The number of hydrogen-bond acceptors (Lipinski definition) is 4. The molecule has 7 atom stereocenters. The van der Waals surface area contributed by atoms with E-state index >= 15 is 0 Å². The summed E-state index contributed by atoms with van der Waals surface area (Å²) < 4.78 is 17.9. The first kappa shape index (κ1) is 21.7. The Morgan fingerprint density at radius 1 is 1.19 bits per heavy atom. The molecule has 0 aromatic carbocycles. The molecule has 0 unspecified atom stereocenters. The van der Waals surface area contributed by atoms with Gasteiger partial charge in [0.2, 0.25) is 0 Å². The molecule has 2 fully saturated rings. The Morgan fingerprint density at radius 2 is 1.81 bits per heavy atom. The molecule has 1 saturated heterocycles. The SMILES string of the molecule is C[C@H](CC[C@]1(C)C[C@]1(C)C(=O)OC(C)(C)C)O[C@@H]1O[C@@H](C)[C@H](C)C[C@H]1C. The minimum atomic E-state index is -0.428. The quantitative estimate of drug-likeness (QED) is 0.594. The first-order valence-corrected chi connectivity index (χ1v) is 10.3. The van der Waals surface area contributed by atoms with Crippen molar-refractivity contribution in [3.05, 3.63) is 0 Å². The van der Waals surface area contributed by atoms with Crippen LogP contribution in [-0.4, -0.2) is 30.1 Å². The highest BCUT2D eigenvalue weighted by molar-refractivity contribution is 5.81. The smallest absolute Gasteiger partial charge is 0.312 e. The predicted octanol–water partition coefficient (Wildman–Crippen LogP) is 5.34. The highest BCUT2D eigenvalue weighted by Gasteiger charge is 2.66. The standard InChI is InChI=1S/C22H40O4/c1-14-12-15(2)18(25-17(14)4)24-16(3)10-11-21(8)13-22(21,9)19(23)26-20(5,6)7/h14-18H,10-13H2,1-9H3/t14-,15-,16-,17+,18-,21-,22-/m1/s1. The van der Waals surface area contributed by atoms with Crippen molar-refractivity contribution >= 4 is 5.97 Å². The van der Waals surface area contributed by atoms with Gasteiger partial charge >= 0.3 is 5.97 Å². The lowest BCUT2D eigenvalue weighted by molar-refractivity contribution is -0.244. The molecule has 2 aliphatic rings. The number of carbonyl (C=O) groups excluding carboxylic acids is 1. The van der Waals surface area contributed by atoms with Crippen molar-refractivity contribution in [2.45, 2.75) is 112 Å². The Hall–Kier alpha value is -0.610. The Morgan fingerprint density at radius 3 is 2.38 bits per heavy atom. The minimum Gasteiger partial charge on any atom is -0.460 e. The van der Waals surface area contributed by atoms with Crippen LogP contribution in [0.5, 0.6) is 0 Å². The first-order valence-electron chi connectivity index (χ1n) is 10.3. The molecule has 4 nitrogen and oxygen atoms in total. The van der Waals surface area contributed by atoms with Gasteiger partial charge in [0, 0.05) is 5.92 Å². The van der Waals surface area contributed by atoms with Gasteiger partial charge in [-0.2, -0.15) is 0 Å². The van der Waals surface area contributed by atoms with E-state index in [4.69, 9.17) is 14.2 Å². The molecule has 152 valence electrons. The lowest BCUT2D eigenvalue weighted by Gasteiger charge is -2.38. The second-order valence-electron chi connectivity index (χ2n) is 10.5. The van der Waals surface area contributed by atoms with Gasteiger partial charge in [0.05, 0.1) is 17.6 Å². The van der Waals surface area contributed by atoms with Crippen molar-refractivity contribution in [1.29, 1.82) is 0 Å². The fourth-order valence-corrected chi connectivity index (χ4v) is 4.16. The summed E-state index contributed by atoms with van der Waals surface area (Å²) >= 11 is 0. The molecule has 0 spiro atoms. The zero-order valence-electron chi connectivity index (χ0n) is 18.3. The molecule has 4 heteroatoms. The lowest BCUT2D eigenvalue weighted by atomic mass is 9.89. The van der Waals surface area contributed by atoms with Crippen LogP contribution in [0.1, 0.15) is 88.0 Å². The summed E-state index contributed by atoms with van der Waals surface area (Å²) in [5, 5.41) is 0. The van der Waals surface area contributed by atoms with Gasteiger partial charge in [0.15, 0.2) is 6.29 Å². The molecule has 0 radical (unpaired) electrons. The summed E-state index contributed by atoms with van der Waals surface area (Å²) in [6.45, 7) is 18.7. The Balaban J connectivity index is 1.82. The van der Waals surface area contributed by atoms with Gasteiger partial charge in [-0.25, -0.2) is 0 Å². The third-order valence-corrected chi connectivity index (χ3v) is 6.63. The van der Waals surface area contributed by atoms with Crippen LogP contribution >= 0.6 is 0 Å². The van der Waals surface area contributed by atoms with Gasteiger partial charge in [0.1, 0.15) is 5.60 Å². The average molecular weight is 369 g/mol. The number of carbonyl (C=O) groups is 1. The molecule has 26 heavy (non-hydrogen) atoms. The summed E-state index contributed by atoms with van der Waals surface area (Å²) in [6.07, 6.45) is 4.21. The first-order chi connectivity index (χ1) is 11.8. The van der Waals surface area contributed by atoms with E-state index in [-0.39, 0.29) is 35.3 Å². The zero-order valence-corrected chi connectivity index (χ0v) is 18.3. The maximum absolute atomic E-state index is 12.6. The molecule has 0 amide bonds.